The van der Waals surface area contributed by atoms with Crippen molar-refractivity contribution in [2.75, 3.05) is 99.2 Å². The topological polar surface area (TPSA) is 332 Å². The summed E-state index contributed by atoms with van der Waals surface area (Å²) in [5, 5.41) is 34.3. The molecule has 72 heavy (non-hydrogen) atoms. The molecule has 0 unspecified atom stereocenters. The van der Waals surface area contributed by atoms with Crippen LogP contribution < -0.4 is 43.0 Å². The molecule has 24 heteroatoms. The standard InChI is InChI=1S/C28H29N9O4.C20H26N8O3/c29-16-18-3-5-19(6-4-18)26(39)32-22-2-1-11-37(17-22)28-33-25(23(24(30)38)34-35-28)31-21-9-7-20(8-10-21)27(40)36-12-14-41-15-13-36;21-14-2-1-7-28(12-14)20-24-18(16(17(22)29)25-26-20)23-15-5-3-13(4-6-15)19(30)27-8-10-31-11-9-27/h3-10,22H,1-2,11-15,17H2,(H2,30,38)(H,32,39)(H,31,33,35);3-6,14H,1-2,7-12,21H2,(H2,22,29)(H,23,24,26)/t22-;14-/m11/s1. The Kier molecular flexibility index (Phi) is 16.3. The monoisotopic (exact) mass is 981 g/mol. The van der Waals surface area contributed by atoms with Gasteiger partial charge in [0.05, 0.1) is 38.1 Å². The number of primary amides is 2. The number of ether oxygens (including phenoxy) is 2. The van der Waals surface area contributed by atoms with Gasteiger partial charge in [-0.2, -0.15) is 15.2 Å². The molecule has 0 bridgehead atoms. The Labute approximate surface area is 414 Å². The van der Waals surface area contributed by atoms with Gasteiger partial charge in [0.1, 0.15) is 0 Å². The zero-order chi connectivity index (χ0) is 50.6. The van der Waals surface area contributed by atoms with Gasteiger partial charge in [0.15, 0.2) is 23.0 Å². The fourth-order valence-electron chi connectivity index (χ4n) is 8.41. The molecule has 2 aromatic heterocycles. The Morgan fingerprint density at radius 1 is 0.583 bits per heavy atom. The Morgan fingerprint density at radius 3 is 1.47 bits per heavy atom. The highest BCUT2D eigenvalue weighted by Crippen LogP contribution is 2.25. The van der Waals surface area contributed by atoms with E-state index in [4.69, 9.17) is 31.9 Å². The van der Waals surface area contributed by atoms with E-state index >= 15 is 0 Å². The van der Waals surface area contributed by atoms with E-state index in [-0.39, 0.29) is 58.8 Å². The van der Waals surface area contributed by atoms with Crippen molar-refractivity contribution >= 4 is 64.4 Å². The first-order valence-corrected chi connectivity index (χ1v) is 23.6. The van der Waals surface area contributed by atoms with Gasteiger partial charge >= 0.3 is 0 Å². The van der Waals surface area contributed by atoms with Crippen molar-refractivity contribution in [3.8, 4) is 6.07 Å². The molecule has 4 aliphatic heterocycles. The van der Waals surface area contributed by atoms with Crippen molar-refractivity contribution in [3.63, 3.8) is 0 Å². The predicted octanol–water partition coefficient (Wildman–Crippen LogP) is 1.57. The number of aromatic nitrogens is 6. The minimum atomic E-state index is -0.788. The number of rotatable bonds is 12. The lowest BCUT2D eigenvalue weighted by Crippen LogP contribution is -2.48. The lowest BCUT2D eigenvalue weighted by molar-refractivity contribution is 0.0301. The summed E-state index contributed by atoms with van der Waals surface area (Å²) in [5.74, 6) is -0.844. The van der Waals surface area contributed by atoms with Crippen molar-refractivity contribution in [1.29, 1.82) is 5.26 Å². The highest BCUT2D eigenvalue weighted by Gasteiger charge is 2.27. The molecule has 0 saturated carbocycles. The van der Waals surface area contributed by atoms with Gasteiger partial charge in [-0.25, -0.2) is 0 Å². The van der Waals surface area contributed by atoms with Crippen molar-refractivity contribution in [2.45, 2.75) is 37.8 Å². The lowest BCUT2D eigenvalue weighted by atomic mass is 10.0. The molecule has 4 saturated heterocycles. The predicted molar refractivity (Wildman–Crippen MR) is 263 cm³/mol. The minimum Gasteiger partial charge on any atom is -0.378 e. The minimum absolute atomic E-state index is 0.0416. The number of anilines is 6. The van der Waals surface area contributed by atoms with E-state index < -0.39 is 11.8 Å². The van der Waals surface area contributed by atoms with Gasteiger partial charge in [0, 0.05) is 92.5 Å². The van der Waals surface area contributed by atoms with Crippen molar-refractivity contribution in [1.82, 2.24) is 45.5 Å². The summed E-state index contributed by atoms with van der Waals surface area (Å²) in [6.07, 6.45) is 3.43. The van der Waals surface area contributed by atoms with Crippen LogP contribution in [0.25, 0.3) is 0 Å². The first-order valence-electron chi connectivity index (χ1n) is 23.6. The Morgan fingerprint density at radius 2 is 1.03 bits per heavy atom. The van der Waals surface area contributed by atoms with Gasteiger partial charge in [-0.05, 0) is 98.5 Å². The van der Waals surface area contributed by atoms with E-state index in [0.29, 0.717) is 112 Å². The molecule has 5 amide bonds. The molecule has 2 atom stereocenters. The van der Waals surface area contributed by atoms with Crippen LogP contribution in [0, 0.1) is 11.3 Å². The Bertz CT molecular complexity index is 2780. The summed E-state index contributed by atoms with van der Waals surface area (Å²) >= 11 is 0. The molecule has 5 aromatic rings. The van der Waals surface area contributed by atoms with Crippen LogP contribution in [0.2, 0.25) is 0 Å². The van der Waals surface area contributed by atoms with Crippen LogP contribution in [-0.4, -0.2) is 161 Å². The average molecular weight is 982 g/mol. The molecule has 3 aromatic carbocycles. The molecule has 6 heterocycles. The number of amides is 5. The fraction of sp³-hybridized carbons (Fsp3) is 0.375. The summed E-state index contributed by atoms with van der Waals surface area (Å²) in [4.78, 5) is 78.3. The van der Waals surface area contributed by atoms with Crippen LogP contribution in [0.3, 0.4) is 0 Å². The highest BCUT2D eigenvalue weighted by atomic mass is 16.5. The molecule has 9 rings (SSSR count). The largest absolute Gasteiger partial charge is 0.378 e. The quantitative estimate of drug-likeness (QED) is 0.103. The SMILES string of the molecule is N#Cc1ccc(C(=O)N[C@@H]2CCCN(c3nnc(C(N)=O)c(Nc4ccc(C(=O)N5CCOCC5)cc4)n3)C2)cc1.NC(=O)c1nnc(N2CCC[C@@H](N)C2)nc1Nc1ccc(C(=O)N2CCOCC2)cc1. The zero-order valence-electron chi connectivity index (χ0n) is 39.4. The second kappa shape index (κ2) is 23.5. The molecule has 0 radical (unpaired) electrons. The molecule has 24 nitrogen and oxygen atoms in total. The number of nitrogens with one attached hydrogen (secondary N) is 3. The Hall–Kier alpha value is -8.40. The molecule has 4 aliphatic rings. The van der Waals surface area contributed by atoms with Crippen LogP contribution in [0.1, 0.15) is 83.3 Å². The summed E-state index contributed by atoms with van der Waals surface area (Å²) in [6.45, 7) is 6.86. The smallest absolute Gasteiger partial charge is 0.273 e. The van der Waals surface area contributed by atoms with Crippen LogP contribution in [0.15, 0.2) is 72.8 Å². The third-order valence-corrected chi connectivity index (χ3v) is 12.3. The van der Waals surface area contributed by atoms with E-state index in [0.717, 1.165) is 32.2 Å². The highest BCUT2D eigenvalue weighted by molar-refractivity contribution is 5.98. The number of hydrogen-bond donors (Lipinski definition) is 6. The number of nitriles is 1. The third kappa shape index (κ3) is 12.7. The zero-order valence-corrected chi connectivity index (χ0v) is 39.4. The molecular weight excluding hydrogens is 927 g/mol. The van der Waals surface area contributed by atoms with E-state index in [1.165, 1.54) is 0 Å². The van der Waals surface area contributed by atoms with E-state index in [9.17, 15) is 24.0 Å². The molecule has 374 valence electrons. The number of nitrogens with two attached hydrogens (primary N) is 3. The van der Waals surface area contributed by atoms with Crippen molar-refractivity contribution < 1.29 is 33.4 Å². The number of hydrogen-bond acceptors (Lipinski definition) is 19. The van der Waals surface area contributed by atoms with E-state index in [1.54, 1.807) is 82.6 Å². The summed E-state index contributed by atoms with van der Waals surface area (Å²) in [6, 6.07) is 22.1. The average Bonchev–Trinajstić information content (AvgIpc) is 3.41. The third-order valence-electron chi connectivity index (χ3n) is 12.3. The van der Waals surface area contributed by atoms with Crippen molar-refractivity contribution in [3.05, 3.63) is 106 Å². The first-order chi connectivity index (χ1) is 34.9. The van der Waals surface area contributed by atoms with Crippen molar-refractivity contribution in [2.24, 2.45) is 17.2 Å². The van der Waals surface area contributed by atoms with Gasteiger partial charge in [0.2, 0.25) is 11.9 Å². The van der Waals surface area contributed by atoms with E-state index in [1.807, 2.05) is 15.9 Å². The fourth-order valence-corrected chi connectivity index (χ4v) is 8.41. The number of morpholine rings is 2. The number of carbonyl (C=O) groups is 5. The summed E-state index contributed by atoms with van der Waals surface area (Å²) in [5.41, 5.74) is 20.1. The number of piperidine rings is 2. The van der Waals surface area contributed by atoms with Crippen LogP contribution in [0.4, 0.5) is 34.9 Å². The summed E-state index contributed by atoms with van der Waals surface area (Å²) in [7, 11) is 0. The number of carbonyl (C=O) groups excluding carboxylic acids is 5. The number of benzene rings is 3. The molecule has 0 aliphatic carbocycles. The van der Waals surface area contributed by atoms with Crippen LogP contribution in [0.5, 0.6) is 0 Å². The second-order valence-corrected chi connectivity index (χ2v) is 17.4. The molecule has 0 spiro atoms. The normalized spacial score (nSPS) is 17.9. The maximum absolute atomic E-state index is 12.7. The van der Waals surface area contributed by atoms with Gasteiger partial charge in [0.25, 0.3) is 29.5 Å². The van der Waals surface area contributed by atoms with Crippen LogP contribution in [-0.2, 0) is 9.47 Å². The van der Waals surface area contributed by atoms with Gasteiger partial charge < -0.3 is 62.2 Å². The second-order valence-electron chi connectivity index (χ2n) is 17.4. The molecule has 4 fully saturated rings. The number of nitrogens with zero attached hydrogens (tertiary/aromatic N) is 11. The molecular formula is C48H55N17O7. The van der Waals surface area contributed by atoms with E-state index in [2.05, 4.69) is 46.3 Å². The van der Waals surface area contributed by atoms with Gasteiger partial charge in [-0.3, -0.25) is 24.0 Å². The van der Waals surface area contributed by atoms with Crippen LogP contribution >= 0.6 is 0 Å². The Balaban J connectivity index is 0.000000200. The van der Waals surface area contributed by atoms with Gasteiger partial charge in [-0.1, -0.05) is 0 Å². The maximum atomic E-state index is 12.7. The molecule has 9 N–H and O–H groups in total. The van der Waals surface area contributed by atoms with Gasteiger partial charge in [-0.15, -0.1) is 20.4 Å². The lowest BCUT2D eigenvalue weighted by Gasteiger charge is -2.33. The summed E-state index contributed by atoms with van der Waals surface area (Å²) < 4.78 is 10.6. The first kappa shape index (κ1) is 50.0. The maximum Gasteiger partial charge on any atom is 0.273 e.